The summed E-state index contributed by atoms with van der Waals surface area (Å²) in [5.41, 5.74) is 6.27. The lowest BCUT2D eigenvalue weighted by Gasteiger charge is -2.01. The Morgan fingerprint density at radius 2 is 2.11 bits per heavy atom. The predicted molar refractivity (Wildman–Crippen MR) is 69.0 cm³/mol. The van der Waals surface area contributed by atoms with Crippen molar-refractivity contribution in [2.45, 2.75) is 6.04 Å². The van der Waals surface area contributed by atoms with Crippen molar-refractivity contribution in [3.63, 3.8) is 0 Å². The van der Waals surface area contributed by atoms with Crippen LogP contribution in [0, 0.1) is 0 Å². The minimum atomic E-state index is -0.670. The van der Waals surface area contributed by atoms with Crippen molar-refractivity contribution in [1.82, 2.24) is 15.1 Å². The van der Waals surface area contributed by atoms with E-state index >= 15 is 0 Å². The first-order valence-corrected chi connectivity index (χ1v) is 5.84. The van der Waals surface area contributed by atoms with E-state index in [1.807, 2.05) is 30.3 Å². The van der Waals surface area contributed by atoms with E-state index in [4.69, 9.17) is 15.4 Å². The molecule has 6 heteroatoms. The molecule has 3 N–H and O–H groups in total. The second-order valence-corrected chi connectivity index (χ2v) is 4.13. The highest BCUT2D eigenvalue weighted by atomic mass is 16.5. The summed E-state index contributed by atoms with van der Waals surface area (Å²) >= 11 is 0. The largest absolute Gasteiger partial charge is 0.394 e. The van der Waals surface area contributed by atoms with Crippen LogP contribution in [0.4, 0.5) is 0 Å². The molecule has 0 saturated heterocycles. The molecule has 2 aromatic heterocycles. The van der Waals surface area contributed by atoms with Crippen molar-refractivity contribution in [1.29, 1.82) is 0 Å². The number of aliphatic hydroxyl groups excluding tert-OH is 1. The van der Waals surface area contributed by atoms with Gasteiger partial charge in [-0.05, 0) is 11.5 Å². The molecule has 0 bridgehead atoms. The van der Waals surface area contributed by atoms with Crippen molar-refractivity contribution in [2.24, 2.45) is 5.73 Å². The number of aliphatic hydroxyl groups is 1. The molecule has 2 heterocycles. The van der Waals surface area contributed by atoms with E-state index in [1.165, 1.54) is 0 Å². The van der Waals surface area contributed by atoms with Gasteiger partial charge in [0.05, 0.1) is 6.61 Å². The molecule has 96 valence electrons. The number of pyridine rings is 1. The summed E-state index contributed by atoms with van der Waals surface area (Å²) in [6.07, 6.45) is 1.69. The molecule has 3 rings (SSSR count). The van der Waals surface area contributed by atoms with Gasteiger partial charge in [0.1, 0.15) is 11.7 Å². The van der Waals surface area contributed by atoms with Gasteiger partial charge in [-0.3, -0.25) is 4.98 Å². The number of hydrogen-bond acceptors (Lipinski definition) is 6. The predicted octanol–water partition coefficient (Wildman–Crippen LogP) is 1.28. The number of hydrogen-bond donors (Lipinski definition) is 2. The first-order chi connectivity index (χ1) is 9.29. The van der Waals surface area contributed by atoms with Crippen molar-refractivity contribution in [3.8, 4) is 11.5 Å². The molecule has 0 unspecified atom stereocenters. The molecular formula is C13H12N4O2. The highest BCUT2D eigenvalue weighted by Gasteiger charge is 2.16. The molecule has 0 aliphatic carbocycles. The second kappa shape index (κ2) is 4.75. The maximum atomic E-state index is 8.97. The van der Waals surface area contributed by atoms with Crippen LogP contribution in [0.15, 0.2) is 41.1 Å². The Hall–Kier alpha value is -2.31. The Balaban J connectivity index is 2.12. The number of aromatic nitrogens is 3. The van der Waals surface area contributed by atoms with E-state index in [1.54, 1.807) is 6.20 Å². The molecular weight excluding hydrogens is 244 g/mol. The van der Waals surface area contributed by atoms with Crippen LogP contribution in [0.25, 0.3) is 22.3 Å². The van der Waals surface area contributed by atoms with Crippen LogP contribution in [0.5, 0.6) is 0 Å². The summed E-state index contributed by atoms with van der Waals surface area (Å²) in [6, 6.07) is 9.06. The van der Waals surface area contributed by atoms with E-state index in [-0.39, 0.29) is 12.5 Å². The average Bonchev–Trinajstić information content (AvgIpc) is 2.95. The van der Waals surface area contributed by atoms with E-state index in [0.717, 1.165) is 10.8 Å². The standard InChI is InChI=1S/C13H12N4O2/c14-10(7-18)13-16-12(17-19-13)11-9-4-2-1-3-8(9)5-6-15-11/h1-6,10,18H,7,14H2/t10-/m1/s1. The molecule has 0 spiro atoms. The Morgan fingerprint density at radius 3 is 2.95 bits per heavy atom. The normalized spacial score (nSPS) is 12.7. The fraction of sp³-hybridized carbons (Fsp3) is 0.154. The minimum Gasteiger partial charge on any atom is -0.394 e. The molecule has 6 nitrogen and oxygen atoms in total. The highest BCUT2D eigenvalue weighted by molar-refractivity contribution is 5.92. The lowest BCUT2D eigenvalue weighted by molar-refractivity contribution is 0.237. The van der Waals surface area contributed by atoms with Crippen molar-refractivity contribution in [2.75, 3.05) is 6.61 Å². The summed E-state index contributed by atoms with van der Waals surface area (Å²) < 4.78 is 5.03. The summed E-state index contributed by atoms with van der Waals surface area (Å²) in [4.78, 5) is 8.46. The fourth-order valence-electron chi connectivity index (χ4n) is 1.86. The lowest BCUT2D eigenvalue weighted by Crippen LogP contribution is -2.14. The van der Waals surface area contributed by atoms with E-state index in [2.05, 4.69) is 15.1 Å². The molecule has 0 amide bonds. The van der Waals surface area contributed by atoms with Gasteiger partial charge in [-0.25, -0.2) is 0 Å². The van der Waals surface area contributed by atoms with Gasteiger partial charge in [-0.15, -0.1) is 0 Å². The number of nitrogens with zero attached hydrogens (tertiary/aromatic N) is 3. The van der Waals surface area contributed by atoms with Gasteiger partial charge in [0, 0.05) is 11.6 Å². The van der Waals surface area contributed by atoms with Crippen LogP contribution in [-0.2, 0) is 0 Å². The number of rotatable bonds is 3. The topological polar surface area (TPSA) is 98.1 Å². The van der Waals surface area contributed by atoms with Gasteiger partial charge >= 0.3 is 0 Å². The Labute approximate surface area is 108 Å². The monoisotopic (exact) mass is 256 g/mol. The van der Waals surface area contributed by atoms with Gasteiger partial charge in [-0.1, -0.05) is 29.4 Å². The van der Waals surface area contributed by atoms with Crippen molar-refractivity contribution >= 4 is 10.8 Å². The first kappa shape index (κ1) is 11.8. The van der Waals surface area contributed by atoms with E-state index < -0.39 is 6.04 Å². The third-order valence-corrected chi connectivity index (χ3v) is 2.84. The summed E-state index contributed by atoms with van der Waals surface area (Å²) in [7, 11) is 0. The molecule has 3 aromatic rings. The lowest BCUT2D eigenvalue weighted by atomic mass is 10.1. The zero-order valence-corrected chi connectivity index (χ0v) is 10.0. The quantitative estimate of drug-likeness (QED) is 0.732. The van der Waals surface area contributed by atoms with E-state index in [9.17, 15) is 0 Å². The second-order valence-electron chi connectivity index (χ2n) is 4.13. The summed E-state index contributed by atoms with van der Waals surface area (Å²) in [6.45, 7) is -0.245. The minimum absolute atomic E-state index is 0.201. The number of nitrogens with two attached hydrogens (primary N) is 1. The molecule has 0 radical (unpaired) electrons. The fourth-order valence-corrected chi connectivity index (χ4v) is 1.86. The Bertz CT molecular complexity index is 705. The third-order valence-electron chi connectivity index (χ3n) is 2.84. The zero-order chi connectivity index (χ0) is 13.2. The first-order valence-electron chi connectivity index (χ1n) is 5.84. The maximum absolute atomic E-state index is 8.97. The molecule has 0 aliphatic rings. The zero-order valence-electron chi connectivity index (χ0n) is 10.0. The van der Waals surface area contributed by atoms with Crippen molar-refractivity contribution in [3.05, 3.63) is 42.4 Å². The van der Waals surface area contributed by atoms with Gasteiger partial charge < -0.3 is 15.4 Å². The Kier molecular flexibility index (Phi) is 2.94. The smallest absolute Gasteiger partial charge is 0.246 e. The van der Waals surface area contributed by atoms with Crippen LogP contribution in [-0.4, -0.2) is 26.8 Å². The molecule has 0 saturated carbocycles. The van der Waals surface area contributed by atoms with E-state index in [0.29, 0.717) is 11.5 Å². The van der Waals surface area contributed by atoms with Gasteiger partial charge in [0.25, 0.3) is 0 Å². The molecule has 0 aliphatic heterocycles. The third kappa shape index (κ3) is 2.07. The van der Waals surface area contributed by atoms with Crippen LogP contribution < -0.4 is 5.73 Å². The van der Waals surface area contributed by atoms with Crippen LogP contribution in [0.2, 0.25) is 0 Å². The maximum Gasteiger partial charge on any atom is 0.246 e. The van der Waals surface area contributed by atoms with Gasteiger partial charge in [0.15, 0.2) is 0 Å². The van der Waals surface area contributed by atoms with Crippen molar-refractivity contribution < 1.29 is 9.63 Å². The SMILES string of the molecule is N[C@H](CO)c1nc(-c2nccc3ccccc23)no1. The molecule has 19 heavy (non-hydrogen) atoms. The number of fused-ring (bicyclic) bond motifs is 1. The molecule has 0 fully saturated rings. The molecule has 1 aromatic carbocycles. The average molecular weight is 256 g/mol. The van der Waals surface area contributed by atoms with Gasteiger partial charge in [0.2, 0.25) is 11.7 Å². The van der Waals surface area contributed by atoms with Crippen LogP contribution in [0.1, 0.15) is 11.9 Å². The van der Waals surface area contributed by atoms with Crippen LogP contribution >= 0.6 is 0 Å². The van der Waals surface area contributed by atoms with Gasteiger partial charge in [-0.2, -0.15) is 4.98 Å². The Morgan fingerprint density at radius 1 is 1.26 bits per heavy atom. The number of benzene rings is 1. The summed E-state index contributed by atoms with van der Waals surface area (Å²) in [5, 5.41) is 14.8. The highest BCUT2D eigenvalue weighted by Crippen LogP contribution is 2.24. The van der Waals surface area contributed by atoms with Crippen LogP contribution in [0.3, 0.4) is 0 Å². The summed E-state index contributed by atoms with van der Waals surface area (Å²) in [5.74, 6) is 0.572. The molecule has 1 atom stereocenters.